The summed E-state index contributed by atoms with van der Waals surface area (Å²) in [5, 5.41) is 9.66. The van der Waals surface area contributed by atoms with E-state index < -0.39 is 35.3 Å². The van der Waals surface area contributed by atoms with Crippen molar-refractivity contribution in [2.75, 3.05) is 7.05 Å². The SMILES string of the molecule is CN(N=O)C(C(=O)O)C(C(F)(F)F)C(F)(F)F. The number of halogens is 6. The first kappa shape index (κ1) is 15.4. The molecule has 0 spiro atoms. The molecule has 0 aromatic carbocycles. The van der Waals surface area contributed by atoms with Crippen LogP contribution in [-0.2, 0) is 4.79 Å². The van der Waals surface area contributed by atoms with Gasteiger partial charge in [0.15, 0.2) is 12.0 Å². The topological polar surface area (TPSA) is 70.0 Å². The van der Waals surface area contributed by atoms with Gasteiger partial charge < -0.3 is 5.11 Å². The predicted octanol–water partition coefficient (Wildman–Crippen LogP) is 1.79. The third kappa shape index (κ3) is 3.75. The molecular formula is C6H6F6N2O3. The maximum atomic E-state index is 12.2. The highest BCUT2D eigenvalue weighted by molar-refractivity contribution is 5.74. The molecule has 0 aliphatic carbocycles. The number of carboxylic acids is 1. The van der Waals surface area contributed by atoms with Crippen LogP contribution in [0.2, 0.25) is 0 Å². The molecule has 1 atom stereocenters. The Balaban J connectivity index is 5.55. The largest absolute Gasteiger partial charge is 0.480 e. The molecule has 0 aromatic heterocycles. The van der Waals surface area contributed by atoms with Gasteiger partial charge in [-0.2, -0.15) is 26.3 Å². The Hall–Kier alpha value is -1.55. The Kier molecular flexibility index (Phi) is 4.32. The van der Waals surface area contributed by atoms with E-state index in [-0.39, 0.29) is 0 Å². The van der Waals surface area contributed by atoms with Gasteiger partial charge in [0, 0.05) is 7.05 Å². The Labute approximate surface area is 89.9 Å². The van der Waals surface area contributed by atoms with Crippen molar-refractivity contribution in [2.24, 2.45) is 11.2 Å². The van der Waals surface area contributed by atoms with Crippen LogP contribution in [0.5, 0.6) is 0 Å². The zero-order valence-electron chi connectivity index (χ0n) is 8.08. The number of carboxylic acid groups (broad SMARTS) is 1. The molecule has 0 saturated heterocycles. The molecule has 1 unspecified atom stereocenters. The molecule has 0 bridgehead atoms. The maximum Gasteiger partial charge on any atom is 0.403 e. The number of carbonyl (C=O) groups is 1. The molecule has 0 rings (SSSR count). The van der Waals surface area contributed by atoms with Crippen LogP contribution in [0.4, 0.5) is 26.3 Å². The number of nitroso groups, excluding NO2 is 1. The van der Waals surface area contributed by atoms with Crippen LogP contribution in [0.25, 0.3) is 0 Å². The quantitative estimate of drug-likeness (QED) is 0.479. The Morgan fingerprint density at radius 1 is 1.18 bits per heavy atom. The zero-order chi connectivity index (χ0) is 14.0. The van der Waals surface area contributed by atoms with Crippen LogP contribution in [0, 0.1) is 10.8 Å². The summed E-state index contributed by atoms with van der Waals surface area (Å²) in [6.45, 7) is 0. The third-order valence-corrected chi connectivity index (χ3v) is 1.81. The lowest BCUT2D eigenvalue weighted by Gasteiger charge is -2.30. The van der Waals surface area contributed by atoms with Crippen molar-refractivity contribution in [3.8, 4) is 0 Å². The van der Waals surface area contributed by atoms with Crippen LogP contribution in [-0.4, -0.2) is 41.5 Å². The van der Waals surface area contributed by atoms with Crippen molar-refractivity contribution in [1.29, 1.82) is 0 Å². The van der Waals surface area contributed by atoms with E-state index in [0.29, 0.717) is 7.05 Å². The van der Waals surface area contributed by atoms with Gasteiger partial charge in [-0.1, -0.05) is 0 Å². The predicted molar refractivity (Wildman–Crippen MR) is 40.6 cm³/mol. The van der Waals surface area contributed by atoms with Gasteiger partial charge in [-0.05, 0) is 0 Å². The summed E-state index contributed by atoms with van der Waals surface area (Å²) >= 11 is 0. The molecule has 11 heteroatoms. The molecule has 100 valence electrons. The van der Waals surface area contributed by atoms with Crippen molar-refractivity contribution in [3.63, 3.8) is 0 Å². The van der Waals surface area contributed by atoms with Crippen molar-refractivity contribution in [2.45, 2.75) is 18.4 Å². The minimum atomic E-state index is -5.86. The number of hydrogen-bond donors (Lipinski definition) is 1. The van der Waals surface area contributed by atoms with Crippen LogP contribution >= 0.6 is 0 Å². The van der Waals surface area contributed by atoms with Gasteiger partial charge >= 0.3 is 18.3 Å². The fourth-order valence-electron chi connectivity index (χ4n) is 1.11. The standard InChI is InChI=1S/C6H6F6N2O3/c1-14(13-17)2(4(15)16)3(5(7,8)9)6(10,11)12/h2-3H,1H3,(H,15,16). The second-order valence-corrected chi connectivity index (χ2v) is 3.00. The molecule has 5 nitrogen and oxygen atoms in total. The molecule has 0 saturated carbocycles. The van der Waals surface area contributed by atoms with E-state index in [1.54, 1.807) is 5.29 Å². The van der Waals surface area contributed by atoms with E-state index in [4.69, 9.17) is 5.11 Å². The van der Waals surface area contributed by atoms with Gasteiger partial charge in [-0.3, -0.25) is 0 Å². The monoisotopic (exact) mass is 268 g/mol. The van der Waals surface area contributed by atoms with E-state index in [1.807, 2.05) is 0 Å². The fourth-order valence-corrected chi connectivity index (χ4v) is 1.11. The van der Waals surface area contributed by atoms with Crippen molar-refractivity contribution in [1.82, 2.24) is 5.01 Å². The van der Waals surface area contributed by atoms with Crippen molar-refractivity contribution < 1.29 is 36.2 Å². The van der Waals surface area contributed by atoms with Crippen LogP contribution in [0.1, 0.15) is 0 Å². The highest BCUT2D eigenvalue weighted by atomic mass is 19.4. The normalized spacial score (nSPS) is 14.6. The van der Waals surface area contributed by atoms with Crippen molar-refractivity contribution >= 4 is 5.97 Å². The second kappa shape index (κ2) is 4.75. The van der Waals surface area contributed by atoms with Crippen molar-refractivity contribution in [3.05, 3.63) is 4.91 Å². The molecule has 0 aliphatic heterocycles. The Bertz CT molecular complexity index is 287. The smallest absolute Gasteiger partial charge is 0.403 e. The fraction of sp³-hybridized carbons (Fsp3) is 0.833. The summed E-state index contributed by atoms with van der Waals surface area (Å²) in [6.07, 6.45) is -11.7. The minimum absolute atomic E-state index is 0.413. The summed E-state index contributed by atoms with van der Waals surface area (Å²) in [6, 6.07) is -3.16. The molecule has 0 fully saturated rings. The van der Waals surface area contributed by atoms with E-state index in [1.165, 1.54) is 0 Å². The van der Waals surface area contributed by atoms with Gasteiger partial charge in [0.2, 0.25) is 0 Å². The average molecular weight is 268 g/mol. The zero-order valence-corrected chi connectivity index (χ0v) is 8.08. The number of alkyl halides is 6. The minimum Gasteiger partial charge on any atom is -0.480 e. The van der Waals surface area contributed by atoms with E-state index in [0.717, 1.165) is 0 Å². The number of rotatable bonds is 4. The molecule has 0 radical (unpaired) electrons. The first-order valence-electron chi connectivity index (χ1n) is 3.85. The lowest BCUT2D eigenvalue weighted by atomic mass is 9.98. The lowest BCUT2D eigenvalue weighted by Crippen LogP contribution is -2.53. The van der Waals surface area contributed by atoms with Crippen LogP contribution < -0.4 is 0 Å². The first-order chi connectivity index (χ1) is 7.42. The molecule has 0 heterocycles. The number of likely N-dealkylation sites (N-methyl/N-ethyl adjacent to an activating group) is 1. The average Bonchev–Trinajstić information content (AvgIpc) is 2.07. The summed E-state index contributed by atoms with van der Waals surface area (Å²) in [4.78, 5) is 20.3. The van der Waals surface area contributed by atoms with Gasteiger partial charge in [0.25, 0.3) is 0 Å². The molecular weight excluding hydrogens is 262 g/mol. The summed E-state index contributed by atoms with van der Waals surface area (Å²) in [5.74, 6) is -6.65. The number of aliphatic carboxylic acids is 1. The highest BCUT2D eigenvalue weighted by Gasteiger charge is 2.63. The van der Waals surface area contributed by atoms with E-state index in [9.17, 15) is 36.0 Å². The van der Waals surface area contributed by atoms with E-state index >= 15 is 0 Å². The molecule has 1 N–H and O–H groups in total. The Morgan fingerprint density at radius 2 is 1.53 bits per heavy atom. The first-order valence-corrected chi connectivity index (χ1v) is 3.85. The van der Waals surface area contributed by atoms with Gasteiger partial charge in [-0.25, -0.2) is 9.80 Å². The van der Waals surface area contributed by atoms with E-state index in [2.05, 4.69) is 0 Å². The number of nitrogens with zero attached hydrogens (tertiary/aromatic N) is 2. The third-order valence-electron chi connectivity index (χ3n) is 1.81. The molecule has 17 heavy (non-hydrogen) atoms. The van der Waals surface area contributed by atoms with Crippen LogP contribution in [0.3, 0.4) is 0 Å². The second-order valence-electron chi connectivity index (χ2n) is 3.00. The summed E-state index contributed by atoms with van der Waals surface area (Å²) < 4.78 is 73.0. The van der Waals surface area contributed by atoms with Crippen LogP contribution in [0.15, 0.2) is 5.29 Å². The molecule has 0 aromatic rings. The molecule has 0 aliphatic rings. The number of hydrogen-bond acceptors (Lipinski definition) is 3. The summed E-state index contributed by atoms with van der Waals surface area (Å²) in [7, 11) is 0.413. The maximum absolute atomic E-state index is 12.2. The highest BCUT2D eigenvalue weighted by Crippen LogP contribution is 2.42. The van der Waals surface area contributed by atoms with Gasteiger partial charge in [0.05, 0.1) is 5.29 Å². The summed E-state index contributed by atoms with van der Waals surface area (Å²) in [5.41, 5.74) is 0. The van der Waals surface area contributed by atoms with Gasteiger partial charge in [0.1, 0.15) is 0 Å². The van der Waals surface area contributed by atoms with Gasteiger partial charge in [-0.15, -0.1) is 4.91 Å². The Morgan fingerprint density at radius 3 is 1.71 bits per heavy atom. The lowest BCUT2D eigenvalue weighted by molar-refractivity contribution is -0.298. The molecule has 0 amide bonds.